The van der Waals surface area contributed by atoms with E-state index < -0.39 is 0 Å². The first kappa shape index (κ1) is 15.5. The minimum absolute atomic E-state index is 0.226. The minimum atomic E-state index is -0.226. The summed E-state index contributed by atoms with van der Waals surface area (Å²) in [5.74, 6) is 1.60. The van der Waals surface area contributed by atoms with E-state index in [9.17, 15) is 4.39 Å². The molecule has 4 rings (SSSR count). The summed E-state index contributed by atoms with van der Waals surface area (Å²) >= 11 is 0. The van der Waals surface area contributed by atoms with E-state index in [1.165, 1.54) is 36.2 Å². The Morgan fingerprint density at radius 2 is 1.62 bits per heavy atom. The Balaban J connectivity index is 1.76. The van der Waals surface area contributed by atoms with Crippen molar-refractivity contribution in [2.24, 2.45) is 0 Å². The molecule has 0 spiro atoms. The van der Waals surface area contributed by atoms with Gasteiger partial charge in [0, 0.05) is 43.0 Å². The summed E-state index contributed by atoms with van der Waals surface area (Å²) in [4.78, 5) is 14.5. The Hall–Kier alpha value is -2.01. The van der Waals surface area contributed by atoms with Gasteiger partial charge in [-0.3, -0.25) is 0 Å². The van der Waals surface area contributed by atoms with Crippen LogP contribution < -0.4 is 4.90 Å². The number of likely N-dealkylation sites (N-methyl/N-ethyl adjacent to an activating group) is 1. The first-order valence-electron chi connectivity index (χ1n) is 8.80. The molecule has 1 aromatic carbocycles. The van der Waals surface area contributed by atoms with E-state index in [1.54, 1.807) is 12.1 Å². The van der Waals surface area contributed by atoms with Crippen molar-refractivity contribution >= 4 is 5.82 Å². The number of halogens is 1. The van der Waals surface area contributed by atoms with Crippen molar-refractivity contribution in [2.45, 2.75) is 25.7 Å². The molecular weight excluding hydrogens is 303 g/mol. The van der Waals surface area contributed by atoms with Crippen LogP contribution in [-0.2, 0) is 12.8 Å². The standard InChI is InChI=1S/C19H23FN4/c1-23-10-12-24(13-11-23)19-16-4-2-3-5-17(16)21-18(22-19)14-6-8-15(20)9-7-14/h6-9H,2-5,10-13H2,1H3. The fourth-order valence-electron chi connectivity index (χ4n) is 3.58. The molecule has 5 heteroatoms. The van der Waals surface area contributed by atoms with Crippen molar-refractivity contribution in [1.29, 1.82) is 0 Å². The molecule has 0 N–H and O–H groups in total. The first-order chi connectivity index (χ1) is 11.7. The average molecular weight is 326 g/mol. The Labute approximate surface area is 142 Å². The fourth-order valence-corrected chi connectivity index (χ4v) is 3.58. The van der Waals surface area contributed by atoms with E-state index in [2.05, 4.69) is 16.8 Å². The van der Waals surface area contributed by atoms with E-state index in [4.69, 9.17) is 9.97 Å². The highest BCUT2D eigenvalue weighted by atomic mass is 19.1. The van der Waals surface area contributed by atoms with Crippen LogP contribution in [0.15, 0.2) is 24.3 Å². The van der Waals surface area contributed by atoms with Gasteiger partial charge in [-0.2, -0.15) is 0 Å². The van der Waals surface area contributed by atoms with Crippen molar-refractivity contribution < 1.29 is 4.39 Å². The third-order valence-corrected chi connectivity index (χ3v) is 5.07. The number of benzene rings is 1. The van der Waals surface area contributed by atoms with Crippen molar-refractivity contribution in [3.05, 3.63) is 41.3 Å². The van der Waals surface area contributed by atoms with Crippen LogP contribution in [0.3, 0.4) is 0 Å². The van der Waals surface area contributed by atoms with Crippen molar-refractivity contribution in [3.63, 3.8) is 0 Å². The predicted octanol–water partition coefficient (Wildman–Crippen LogP) is 2.91. The summed E-state index contributed by atoms with van der Waals surface area (Å²) in [6.07, 6.45) is 4.50. The Morgan fingerprint density at radius 3 is 2.38 bits per heavy atom. The van der Waals surface area contributed by atoms with Crippen LogP contribution in [-0.4, -0.2) is 48.1 Å². The van der Waals surface area contributed by atoms with Gasteiger partial charge in [0.25, 0.3) is 0 Å². The lowest BCUT2D eigenvalue weighted by molar-refractivity contribution is 0.311. The summed E-state index contributed by atoms with van der Waals surface area (Å²) in [5, 5.41) is 0. The van der Waals surface area contributed by atoms with E-state index in [0.29, 0.717) is 0 Å². The van der Waals surface area contributed by atoms with Crippen LogP contribution in [0, 0.1) is 5.82 Å². The zero-order chi connectivity index (χ0) is 16.5. The molecule has 0 saturated carbocycles. The van der Waals surface area contributed by atoms with Crippen LogP contribution in [0.5, 0.6) is 0 Å². The van der Waals surface area contributed by atoms with Crippen molar-refractivity contribution in [1.82, 2.24) is 14.9 Å². The number of anilines is 1. The zero-order valence-electron chi connectivity index (χ0n) is 14.1. The first-order valence-corrected chi connectivity index (χ1v) is 8.80. The number of fused-ring (bicyclic) bond motifs is 1. The highest BCUT2D eigenvalue weighted by Crippen LogP contribution is 2.31. The Morgan fingerprint density at radius 1 is 0.917 bits per heavy atom. The van der Waals surface area contributed by atoms with Gasteiger partial charge in [-0.1, -0.05) is 0 Å². The molecule has 1 aromatic heterocycles. The highest BCUT2D eigenvalue weighted by molar-refractivity contribution is 5.61. The minimum Gasteiger partial charge on any atom is -0.354 e. The van der Waals surface area contributed by atoms with Crippen LogP contribution >= 0.6 is 0 Å². The van der Waals surface area contributed by atoms with Gasteiger partial charge in [-0.05, 0) is 57.0 Å². The molecule has 0 radical (unpaired) electrons. The second kappa shape index (κ2) is 6.48. The molecule has 2 heterocycles. The van der Waals surface area contributed by atoms with Crippen LogP contribution in [0.2, 0.25) is 0 Å². The van der Waals surface area contributed by atoms with E-state index in [0.717, 1.165) is 56.2 Å². The van der Waals surface area contributed by atoms with Gasteiger partial charge in [-0.15, -0.1) is 0 Å². The number of aromatic nitrogens is 2. The summed E-state index contributed by atoms with van der Waals surface area (Å²) in [6, 6.07) is 6.50. The zero-order valence-corrected chi connectivity index (χ0v) is 14.1. The topological polar surface area (TPSA) is 32.3 Å². The van der Waals surface area contributed by atoms with Crippen LogP contribution in [0.1, 0.15) is 24.1 Å². The lowest BCUT2D eigenvalue weighted by Gasteiger charge is -2.35. The molecule has 1 saturated heterocycles. The van der Waals surface area contributed by atoms with E-state index in [-0.39, 0.29) is 5.82 Å². The normalized spacial score (nSPS) is 18.5. The molecular formula is C19H23FN4. The van der Waals surface area contributed by atoms with Gasteiger partial charge in [0.05, 0.1) is 0 Å². The van der Waals surface area contributed by atoms with Gasteiger partial charge >= 0.3 is 0 Å². The maximum absolute atomic E-state index is 13.2. The van der Waals surface area contributed by atoms with Gasteiger partial charge in [0.2, 0.25) is 0 Å². The summed E-state index contributed by atoms with van der Waals surface area (Å²) in [6.45, 7) is 4.13. The summed E-state index contributed by atoms with van der Waals surface area (Å²) in [7, 11) is 2.16. The molecule has 0 unspecified atom stereocenters. The Bertz CT molecular complexity index is 721. The number of nitrogens with zero attached hydrogens (tertiary/aromatic N) is 4. The van der Waals surface area contributed by atoms with Gasteiger partial charge in [0.1, 0.15) is 11.6 Å². The molecule has 1 aliphatic heterocycles. The molecule has 4 nitrogen and oxygen atoms in total. The second-order valence-electron chi connectivity index (χ2n) is 6.80. The number of piperazine rings is 1. The van der Waals surface area contributed by atoms with Gasteiger partial charge < -0.3 is 9.80 Å². The SMILES string of the molecule is CN1CCN(c2nc(-c3ccc(F)cc3)nc3c2CCCC3)CC1. The lowest BCUT2D eigenvalue weighted by Crippen LogP contribution is -2.45. The quantitative estimate of drug-likeness (QED) is 0.849. The summed E-state index contributed by atoms with van der Waals surface area (Å²) < 4.78 is 13.2. The van der Waals surface area contributed by atoms with E-state index >= 15 is 0 Å². The Kier molecular flexibility index (Phi) is 4.19. The maximum Gasteiger partial charge on any atom is 0.161 e. The molecule has 2 aromatic rings. The molecule has 0 amide bonds. The molecule has 1 aliphatic carbocycles. The van der Waals surface area contributed by atoms with Crippen LogP contribution in [0.25, 0.3) is 11.4 Å². The second-order valence-corrected chi connectivity index (χ2v) is 6.80. The largest absolute Gasteiger partial charge is 0.354 e. The van der Waals surface area contributed by atoms with Crippen molar-refractivity contribution in [2.75, 3.05) is 38.1 Å². The predicted molar refractivity (Wildman–Crippen MR) is 93.8 cm³/mol. The highest BCUT2D eigenvalue weighted by Gasteiger charge is 2.24. The molecule has 24 heavy (non-hydrogen) atoms. The number of aryl methyl sites for hydroxylation is 1. The fraction of sp³-hybridized carbons (Fsp3) is 0.474. The maximum atomic E-state index is 13.2. The molecule has 1 fully saturated rings. The molecule has 126 valence electrons. The third kappa shape index (κ3) is 3.00. The third-order valence-electron chi connectivity index (χ3n) is 5.07. The monoisotopic (exact) mass is 326 g/mol. The van der Waals surface area contributed by atoms with Crippen molar-refractivity contribution in [3.8, 4) is 11.4 Å². The number of rotatable bonds is 2. The van der Waals surface area contributed by atoms with Crippen LogP contribution in [0.4, 0.5) is 10.2 Å². The smallest absolute Gasteiger partial charge is 0.161 e. The lowest BCUT2D eigenvalue weighted by atomic mass is 9.95. The summed E-state index contributed by atoms with van der Waals surface area (Å²) in [5.41, 5.74) is 3.40. The number of hydrogen-bond donors (Lipinski definition) is 0. The van der Waals surface area contributed by atoms with Gasteiger partial charge in [-0.25, -0.2) is 14.4 Å². The average Bonchev–Trinajstić information content (AvgIpc) is 2.62. The number of hydrogen-bond acceptors (Lipinski definition) is 4. The molecule has 0 atom stereocenters. The molecule has 0 bridgehead atoms. The van der Waals surface area contributed by atoms with E-state index in [1.807, 2.05) is 0 Å². The molecule has 2 aliphatic rings. The van der Waals surface area contributed by atoms with Gasteiger partial charge in [0.15, 0.2) is 5.82 Å².